The van der Waals surface area contributed by atoms with Crippen molar-refractivity contribution in [3.05, 3.63) is 29.3 Å². The third kappa shape index (κ3) is 4.34. The lowest BCUT2D eigenvalue weighted by atomic mass is 9.78. The molecule has 12 heteroatoms. The number of hydrogen-bond donors (Lipinski definition) is 2. The number of carbonyl (C=O) groups is 1. The first kappa shape index (κ1) is 22.6. The lowest BCUT2D eigenvalue weighted by molar-refractivity contribution is -0.215. The predicted octanol–water partition coefficient (Wildman–Crippen LogP) is 3.95. The minimum atomic E-state index is -4.74. The van der Waals surface area contributed by atoms with Gasteiger partial charge >= 0.3 is 12.3 Å². The van der Waals surface area contributed by atoms with Crippen LogP contribution in [-0.2, 0) is 15.0 Å². The monoisotopic (exact) mass is 453 g/mol. The van der Waals surface area contributed by atoms with Crippen molar-refractivity contribution in [2.45, 2.75) is 44.2 Å². The van der Waals surface area contributed by atoms with Crippen molar-refractivity contribution in [1.82, 2.24) is 5.32 Å². The number of aliphatic imine (C=N–C) groups is 1. The van der Waals surface area contributed by atoms with Crippen molar-refractivity contribution in [2.24, 2.45) is 10.9 Å². The van der Waals surface area contributed by atoms with E-state index < -0.39 is 59.2 Å². The number of fused-ring (bicyclic) bond motifs is 1. The SMILES string of the molecule is CC(C)(C)OC(=O)NC1=N[C@@]2(c3cc(N)cc(F)c3F)CO[C@H](C(F)(F)F)[C@H]2CS1. The van der Waals surface area contributed by atoms with Crippen LogP contribution in [0, 0.1) is 17.6 Å². The Morgan fingerprint density at radius 3 is 2.60 bits per heavy atom. The molecular formula is C18H20F5N3O3S. The Kier molecular flexibility index (Phi) is 5.69. The number of rotatable bonds is 1. The van der Waals surface area contributed by atoms with Gasteiger partial charge in [-0.3, -0.25) is 5.32 Å². The number of hydrogen-bond acceptors (Lipinski definition) is 6. The number of amidine groups is 1. The Bertz CT molecular complexity index is 887. The molecule has 166 valence electrons. The molecule has 3 N–H and O–H groups in total. The number of benzene rings is 1. The third-order valence-corrected chi connectivity index (χ3v) is 5.60. The quantitative estimate of drug-likeness (QED) is 0.497. The fourth-order valence-electron chi connectivity index (χ4n) is 3.45. The summed E-state index contributed by atoms with van der Waals surface area (Å²) in [5, 5.41) is 2.26. The van der Waals surface area contributed by atoms with Crippen molar-refractivity contribution >= 4 is 28.7 Å². The zero-order valence-electron chi connectivity index (χ0n) is 16.3. The number of ether oxygens (including phenoxy) is 2. The maximum atomic E-state index is 14.7. The van der Waals surface area contributed by atoms with Gasteiger partial charge in [0.25, 0.3) is 0 Å². The number of alkyl halides is 3. The van der Waals surface area contributed by atoms with Crippen LogP contribution in [0.25, 0.3) is 0 Å². The summed E-state index contributed by atoms with van der Waals surface area (Å²) in [6.45, 7) is 4.22. The Balaban J connectivity index is 2.07. The number of nitrogens with two attached hydrogens (primary N) is 1. The molecule has 1 amide bonds. The molecule has 3 atom stereocenters. The molecule has 1 aromatic carbocycles. The van der Waals surface area contributed by atoms with Crippen LogP contribution in [-0.4, -0.2) is 41.5 Å². The maximum absolute atomic E-state index is 14.7. The molecule has 1 fully saturated rings. The normalized spacial score (nSPS) is 26.7. The van der Waals surface area contributed by atoms with Crippen molar-refractivity contribution in [1.29, 1.82) is 0 Å². The third-order valence-electron chi connectivity index (χ3n) is 4.61. The van der Waals surface area contributed by atoms with E-state index in [0.29, 0.717) is 0 Å². The van der Waals surface area contributed by atoms with Gasteiger partial charge in [-0.25, -0.2) is 18.6 Å². The van der Waals surface area contributed by atoms with Gasteiger partial charge in [-0.2, -0.15) is 13.2 Å². The number of anilines is 1. The highest BCUT2D eigenvalue weighted by atomic mass is 32.2. The van der Waals surface area contributed by atoms with Gasteiger partial charge in [-0.05, 0) is 32.9 Å². The van der Waals surface area contributed by atoms with Gasteiger partial charge in [0.1, 0.15) is 11.1 Å². The molecule has 0 bridgehead atoms. The summed E-state index contributed by atoms with van der Waals surface area (Å²) >= 11 is 0.832. The van der Waals surface area contributed by atoms with Crippen LogP contribution in [0.15, 0.2) is 17.1 Å². The molecule has 1 aromatic rings. The van der Waals surface area contributed by atoms with Gasteiger partial charge in [0.2, 0.25) is 0 Å². The zero-order valence-corrected chi connectivity index (χ0v) is 17.1. The summed E-state index contributed by atoms with van der Waals surface area (Å²) < 4.78 is 79.3. The topological polar surface area (TPSA) is 85.9 Å². The van der Waals surface area contributed by atoms with E-state index in [2.05, 4.69) is 10.3 Å². The van der Waals surface area contributed by atoms with Crippen LogP contribution >= 0.6 is 11.8 Å². The van der Waals surface area contributed by atoms with E-state index in [4.69, 9.17) is 15.2 Å². The van der Waals surface area contributed by atoms with Gasteiger partial charge in [-0.15, -0.1) is 0 Å². The first-order chi connectivity index (χ1) is 13.7. The van der Waals surface area contributed by atoms with Crippen LogP contribution in [0.1, 0.15) is 26.3 Å². The molecule has 6 nitrogen and oxygen atoms in total. The molecule has 30 heavy (non-hydrogen) atoms. The summed E-state index contributed by atoms with van der Waals surface area (Å²) in [5.74, 6) is -4.26. The highest BCUT2D eigenvalue weighted by Crippen LogP contribution is 2.52. The molecule has 0 spiro atoms. The number of carbonyl (C=O) groups excluding carboxylic acids is 1. The molecule has 0 aromatic heterocycles. The predicted molar refractivity (Wildman–Crippen MR) is 101 cm³/mol. The molecule has 2 aliphatic heterocycles. The Labute approximate surface area is 173 Å². The molecule has 0 unspecified atom stereocenters. The minimum Gasteiger partial charge on any atom is -0.444 e. The average molecular weight is 453 g/mol. The average Bonchev–Trinajstić information content (AvgIpc) is 2.96. The Morgan fingerprint density at radius 1 is 1.33 bits per heavy atom. The van der Waals surface area contributed by atoms with Gasteiger partial charge in [0, 0.05) is 22.9 Å². The molecule has 2 aliphatic rings. The van der Waals surface area contributed by atoms with Gasteiger partial charge in [0.15, 0.2) is 22.9 Å². The van der Waals surface area contributed by atoms with E-state index in [1.807, 2.05) is 0 Å². The Hall–Kier alpha value is -2.08. The number of nitrogen functional groups attached to an aromatic ring is 1. The second-order valence-corrected chi connectivity index (χ2v) is 9.03. The van der Waals surface area contributed by atoms with Crippen LogP contribution in [0.2, 0.25) is 0 Å². The number of amides is 1. The summed E-state index contributed by atoms with van der Waals surface area (Å²) in [5.41, 5.74) is 2.22. The van der Waals surface area contributed by atoms with E-state index in [9.17, 15) is 26.7 Å². The van der Waals surface area contributed by atoms with Crippen LogP contribution in [0.4, 0.5) is 32.4 Å². The number of nitrogens with one attached hydrogen (secondary N) is 1. The molecule has 3 rings (SSSR count). The molecular weight excluding hydrogens is 433 g/mol. The molecule has 0 aliphatic carbocycles. The van der Waals surface area contributed by atoms with Gasteiger partial charge < -0.3 is 15.2 Å². The lowest BCUT2D eigenvalue weighted by Gasteiger charge is -2.37. The highest BCUT2D eigenvalue weighted by Gasteiger charge is 2.62. The molecule has 2 heterocycles. The van der Waals surface area contributed by atoms with E-state index >= 15 is 0 Å². The van der Waals surface area contributed by atoms with Gasteiger partial charge in [-0.1, -0.05) is 11.8 Å². The van der Waals surface area contributed by atoms with E-state index in [0.717, 1.165) is 23.9 Å². The summed E-state index contributed by atoms with van der Waals surface area (Å²) in [6, 6.07) is 1.76. The standard InChI is InChI=1S/C18H20F5N3O3S/c1-16(2,3)29-15(27)25-14-26-17(9-4-8(24)5-11(19)12(9)20)7-28-13(18(21,22)23)10(17)6-30-14/h4-5,10,13H,6-7,24H2,1-3H3,(H,25,26,27)/t10-,13+,17-/m1/s1. The molecule has 0 radical (unpaired) electrons. The van der Waals surface area contributed by atoms with Crippen LogP contribution in [0.5, 0.6) is 0 Å². The van der Waals surface area contributed by atoms with Crippen molar-refractivity contribution in [3.63, 3.8) is 0 Å². The van der Waals surface area contributed by atoms with Crippen molar-refractivity contribution in [3.8, 4) is 0 Å². The Morgan fingerprint density at radius 2 is 2.00 bits per heavy atom. The summed E-state index contributed by atoms with van der Waals surface area (Å²) in [6.07, 6.45) is -7.86. The zero-order chi connectivity index (χ0) is 22.5. The largest absolute Gasteiger partial charge is 0.444 e. The number of thioether (sulfide) groups is 1. The molecule has 1 saturated heterocycles. The summed E-state index contributed by atoms with van der Waals surface area (Å²) in [7, 11) is 0. The first-order valence-corrected chi connectivity index (χ1v) is 9.87. The number of halogens is 5. The van der Waals surface area contributed by atoms with E-state index in [-0.39, 0.29) is 16.6 Å². The second-order valence-electron chi connectivity index (χ2n) is 8.02. The van der Waals surface area contributed by atoms with Crippen LogP contribution in [0.3, 0.4) is 0 Å². The van der Waals surface area contributed by atoms with Gasteiger partial charge in [0.05, 0.1) is 6.61 Å². The maximum Gasteiger partial charge on any atom is 0.415 e. The van der Waals surface area contributed by atoms with Crippen LogP contribution < -0.4 is 11.1 Å². The first-order valence-electron chi connectivity index (χ1n) is 8.89. The van der Waals surface area contributed by atoms with Crippen molar-refractivity contribution in [2.75, 3.05) is 18.1 Å². The fraction of sp³-hybridized carbons (Fsp3) is 0.556. The smallest absolute Gasteiger partial charge is 0.415 e. The minimum absolute atomic E-state index is 0.0887. The fourth-order valence-corrected chi connectivity index (χ4v) is 4.62. The molecule has 0 saturated carbocycles. The lowest BCUT2D eigenvalue weighted by Crippen LogP contribution is -2.47. The summed E-state index contributed by atoms with van der Waals surface area (Å²) in [4.78, 5) is 16.3. The van der Waals surface area contributed by atoms with E-state index in [1.54, 1.807) is 20.8 Å². The van der Waals surface area contributed by atoms with Crippen molar-refractivity contribution < 1.29 is 36.2 Å². The highest BCUT2D eigenvalue weighted by molar-refractivity contribution is 8.13. The number of alkyl carbamates (subject to hydrolysis) is 1. The number of nitrogens with zero attached hydrogens (tertiary/aromatic N) is 1. The second kappa shape index (κ2) is 7.56. The van der Waals surface area contributed by atoms with E-state index in [1.165, 1.54) is 0 Å².